The molecule has 4 aromatic rings. The molecule has 3 nitrogen and oxygen atoms in total. The Kier molecular flexibility index (Phi) is 6.49. The lowest BCUT2D eigenvalue weighted by atomic mass is 10.1. The highest BCUT2D eigenvalue weighted by molar-refractivity contribution is 8.27. The number of hydrogen-bond acceptors (Lipinski definition) is 3. The number of benzene rings is 3. The van der Waals surface area contributed by atoms with Crippen LogP contribution in [0.25, 0.3) is 17.0 Å². The molecule has 35 heavy (non-hydrogen) atoms. The molecule has 0 atom stereocenters. The molecule has 0 spiro atoms. The lowest BCUT2D eigenvalue weighted by Crippen LogP contribution is -2.28. The Bertz CT molecular complexity index is 1560. The van der Waals surface area contributed by atoms with Crippen LogP contribution in [0, 0.1) is 19.7 Å². The molecule has 1 aromatic heterocycles. The van der Waals surface area contributed by atoms with Crippen molar-refractivity contribution in [3.8, 4) is 0 Å². The Labute approximate surface area is 222 Å². The number of para-hydroxylation sites is 1. The summed E-state index contributed by atoms with van der Waals surface area (Å²) in [5.41, 5.74) is 5.24. The maximum atomic E-state index is 14.4. The fraction of sp³-hybridized carbons (Fsp3) is 0.111. The van der Waals surface area contributed by atoms with Gasteiger partial charge in [0.1, 0.15) is 5.82 Å². The fourth-order valence-electron chi connectivity index (χ4n) is 4.27. The topological polar surface area (TPSA) is 25.2 Å². The van der Waals surface area contributed by atoms with E-state index in [9.17, 15) is 9.18 Å². The number of hydrogen-bond donors (Lipinski definition) is 0. The highest BCUT2D eigenvalue weighted by atomic mass is 35.5. The summed E-state index contributed by atoms with van der Waals surface area (Å²) in [6.45, 7) is 4.65. The number of amides is 1. The van der Waals surface area contributed by atoms with Crippen LogP contribution in [0.3, 0.4) is 0 Å². The second-order valence-electron chi connectivity index (χ2n) is 8.32. The lowest BCUT2D eigenvalue weighted by Gasteiger charge is -2.14. The summed E-state index contributed by atoms with van der Waals surface area (Å²) in [6.07, 6.45) is 1.86. The number of nitrogens with zero attached hydrogens (tertiary/aromatic N) is 2. The third kappa shape index (κ3) is 4.40. The van der Waals surface area contributed by atoms with Gasteiger partial charge < -0.3 is 4.57 Å². The number of aromatic nitrogens is 1. The lowest BCUT2D eigenvalue weighted by molar-refractivity contribution is -0.113. The van der Waals surface area contributed by atoms with E-state index in [0.717, 1.165) is 33.3 Å². The number of carbonyl (C=O) groups is 1. The SMILES string of the molecule is Cc1ccc2c(c1)c(C=C1SC(=S)N(c3ccccc3F)C1=O)c(C)n2Cc1ccc(Cl)c(Cl)c1. The number of anilines is 1. The summed E-state index contributed by atoms with van der Waals surface area (Å²) < 4.78 is 16.9. The molecule has 3 aromatic carbocycles. The molecule has 5 rings (SSSR count). The average molecular weight is 542 g/mol. The monoisotopic (exact) mass is 540 g/mol. The molecule has 0 unspecified atom stereocenters. The third-order valence-corrected chi connectivity index (χ3v) is 8.06. The molecule has 2 heterocycles. The van der Waals surface area contributed by atoms with Crippen LogP contribution in [0.5, 0.6) is 0 Å². The van der Waals surface area contributed by atoms with Gasteiger partial charge in [0.2, 0.25) is 0 Å². The van der Waals surface area contributed by atoms with Crippen molar-refractivity contribution in [2.75, 3.05) is 4.90 Å². The molecule has 1 amide bonds. The van der Waals surface area contributed by atoms with Crippen molar-refractivity contribution < 1.29 is 9.18 Å². The predicted molar refractivity (Wildman–Crippen MR) is 149 cm³/mol. The first-order chi connectivity index (χ1) is 16.7. The molecular weight excluding hydrogens is 522 g/mol. The zero-order valence-corrected chi connectivity index (χ0v) is 22.0. The van der Waals surface area contributed by atoms with E-state index in [1.165, 1.54) is 22.7 Å². The van der Waals surface area contributed by atoms with Gasteiger partial charge >= 0.3 is 0 Å². The zero-order valence-electron chi connectivity index (χ0n) is 18.8. The van der Waals surface area contributed by atoms with Crippen LogP contribution >= 0.6 is 47.2 Å². The standard InChI is InChI=1S/C27H19Cl2FN2OS2/c1-15-7-10-23-19(11-15)18(16(2)31(23)14-17-8-9-20(28)21(29)12-17)13-25-26(33)32(27(34)35-25)24-6-4-3-5-22(24)30/h3-13H,14H2,1-2H3. The van der Waals surface area contributed by atoms with Crippen molar-refractivity contribution >= 4 is 80.1 Å². The first-order valence-corrected chi connectivity index (χ1v) is 12.8. The van der Waals surface area contributed by atoms with E-state index in [0.29, 0.717) is 25.8 Å². The molecule has 0 N–H and O–H groups in total. The summed E-state index contributed by atoms with van der Waals surface area (Å²) >= 11 is 19.0. The van der Waals surface area contributed by atoms with Crippen LogP contribution in [0.2, 0.25) is 10.0 Å². The van der Waals surface area contributed by atoms with E-state index in [1.807, 2.05) is 32.1 Å². The van der Waals surface area contributed by atoms with E-state index in [2.05, 4.69) is 22.8 Å². The molecule has 0 aliphatic carbocycles. The quantitative estimate of drug-likeness (QED) is 0.193. The Morgan fingerprint density at radius 1 is 1.03 bits per heavy atom. The van der Waals surface area contributed by atoms with Gasteiger partial charge in [0.25, 0.3) is 5.91 Å². The minimum absolute atomic E-state index is 0.160. The number of thiocarbonyl (C=S) groups is 1. The summed E-state index contributed by atoms with van der Waals surface area (Å²) in [5, 5.41) is 2.04. The van der Waals surface area contributed by atoms with Crippen LogP contribution < -0.4 is 4.90 Å². The second-order valence-corrected chi connectivity index (χ2v) is 10.8. The molecule has 1 fully saturated rings. The van der Waals surface area contributed by atoms with E-state index < -0.39 is 5.82 Å². The molecular formula is C27H19Cl2FN2OS2. The smallest absolute Gasteiger partial charge is 0.270 e. The van der Waals surface area contributed by atoms with Crippen molar-refractivity contribution in [3.63, 3.8) is 0 Å². The van der Waals surface area contributed by atoms with E-state index in [1.54, 1.807) is 24.3 Å². The largest absolute Gasteiger partial charge is 0.340 e. The molecule has 0 saturated carbocycles. The van der Waals surface area contributed by atoms with Crippen LogP contribution in [-0.4, -0.2) is 14.8 Å². The minimum Gasteiger partial charge on any atom is -0.340 e. The fourth-order valence-corrected chi connectivity index (χ4v) is 5.86. The maximum Gasteiger partial charge on any atom is 0.270 e. The van der Waals surface area contributed by atoms with Crippen molar-refractivity contribution in [1.82, 2.24) is 4.57 Å². The molecule has 0 bridgehead atoms. The van der Waals surface area contributed by atoms with Crippen LogP contribution in [0.15, 0.2) is 65.6 Å². The first kappa shape index (κ1) is 24.1. The molecule has 0 radical (unpaired) electrons. The van der Waals surface area contributed by atoms with Gasteiger partial charge in [-0.05, 0) is 61.9 Å². The summed E-state index contributed by atoms with van der Waals surface area (Å²) in [7, 11) is 0. The highest BCUT2D eigenvalue weighted by Gasteiger charge is 2.35. The Balaban J connectivity index is 1.60. The van der Waals surface area contributed by atoms with Crippen molar-refractivity contribution in [2.24, 2.45) is 0 Å². The van der Waals surface area contributed by atoms with Gasteiger partial charge in [0.05, 0.1) is 20.6 Å². The minimum atomic E-state index is -0.491. The summed E-state index contributed by atoms with van der Waals surface area (Å²) in [5.74, 6) is -0.822. The van der Waals surface area contributed by atoms with E-state index in [4.69, 9.17) is 35.4 Å². The highest BCUT2D eigenvalue weighted by Crippen LogP contribution is 2.39. The van der Waals surface area contributed by atoms with Crippen molar-refractivity contribution in [2.45, 2.75) is 20.4 Å². The van der Waals surface area contributed by atoms with Gasteiger partial charge in [-0.2, -0.15) is 0 Å². The molecule has 8 heteroatoms. The van der Waals surface area contributed by atoms with Gasteiger partial charge in [0, 0.05) is 28.7 Å². The van der Waals surface area contributed by atoms with Crippen molar-refractivity contribution in [3.05, 3.63) is 104 Å². The number of fused-ring (bicyclic) bond motifs is 1. The van der Waals surface area contributed by atoms with Gasteiger partial charge in [-0.25, -0.2) is 4.39 Å². The van der Waals surface area contributed by atoms with Crippen LogP contribution in [-0.2, 0) is 11.3 Å². The maximum absolute atomic E-state index is 14.4. The first-order valence-electron chi connectivity index (χ1n) is 10.8. The number of rotatable bonds is 4. The number of carbonyl (C=O) groups excluding carboxylic acids is 1. The molecule has 1 aliphatic heterocycles. The second kappa shape index (κ2) is 9.43. The Morgan fingerprint density at radius 2 is 1.80 bits per heavy atom. The summed E-state index contributed by atoms with van der Waals surface area (Å²) in [4.78, 5) is 15.0. The number of halogens is 3. The van der Waals surface area contributed by atoms with Crippen LogP contribution in [0.4, 0.5) is 10.1 Å². The van der Waals surface area contributed by atoms with Crippen LogP contribution in [0.1, 0.15) is 22.4 Å². The number of aryl methyl sites for hydroxylation is 1. The average Bonchev–Trinajstić information content (AvgIpc) is 3.24. The van der Waals surface area contributed by atoms with Gasteiger partial charge in [0.15, 0.2) is 4.32 Å². The van der Waals surface area contributed by atoms with Gasteiger partial charge in [-0.3, -0.25) is 9.69 Å². The molecule has 1 aliphatic rings. The molecule has 1 saturated heterocycles. The zero-order chi connectivity index (χ0) is 24.9. The Morgan fingerprint density at radius 3 is 2.54 bits per heavy atom. The normalized spacial score (nSPS) is 15.1. The van der Waals surface area contributed by atoms with Gasteiger partial charge in [-0.15, -0.1) is 0 Å². The van der Waals surface area contributed by atoms with Gasteiger partial charge in [-0.1, -0.05) is 77.0 Å². The number of thioether (sulfide) groups is 1. The third-order valence-electron chi connectivity index (χ3n) is 6.01. The molecule has 176 valence electrons. The summed E-state index contributed by atoms with van der Waals surface area (Å²) in [6, 6.07) is 18.0. The Hall–Kier alpha value is -2.64. The van der Waals surface area contributed by atoms with E-state index in [-0.39, 0.29) is 11.6 Å². The predicted octanol–water partition coefficient (Wildman–Crippen LogP) is 8.16. The van der Waals surface area contributed by atoms with Crippen molar-refractivity contribution in [1.29, 1.82) is 0 Å². The van der Waals surface area contributed by atoms with E-state index >= 15 is 0 Å².